The Hall–Kier alpha value is -1.36. The van der Waals surface area contributed by atoms with Crippen molar-refractivity contribution in [2.45, 2.75) is 26.2 Å². The largest absolute Gasteiger partial charge is 0.465 e. The number of hydrogen-bond acceptors (Lipinski definition) is 4. The average molecular weight is 253 g/mol. The number of aryl methyl sites for hydroxylation is 1. The molecular weight excluding hydrogens is 238 g/mol. The van der Waals surface area contributed by atoms with Crippen LogP contribution in [0.3, 0.4) is 0 Å². The first-order valence-corrected chi connectivity index (χ1v) is 6.62. The standard InChI is InChI=1S/C12H15NO3S/c1-2-16-12(15)8-13-9-6-7-17-10(9)4-3-5-11(13)14/h6-7H,2-5,8H2,1H3. The number of esters is 1. The summed E-state index contributed by atoms with van der Waals surface area (Å²) in [6.45, 7) is 2.13. The quantitative estimate of drug-likeness (QED) is 0.774. The average Bonchev–Trinajstić information content (AvgIpc) is 2.69. The zero-order chi connectivity index (χ0) is 12.3. The van der Waals surface area contributed by atoms with Crippen LogP contribution in [0.15, 0.2) is 11.4 Å². The third-order valence-corrected chi connectivity index (χ3v) is 3.67. The Morgan fingerprint density at radius 2 is 2.35 bits per heavy atom. The van der Waals surface area contributed by atoms with Gasteiger partial charge in [-0.25, -0.2) is 0 Å². The van der Waals surface area contributed by atoms with Gasteiger partial charge in [-0.3, -0.25) is 9.59 Å². The summed E-state index contributed by atoms with van der Waals surface area (Å²) < 4.78 is 4.90. The minimum atomic E-state index is -0.347. The van der Waals surface area contributed by atoms with E-state index >= 15 is 0 Å². The summed E-state index contributed by atoms with van der Waals surface area (Å²) in [5, 5.41) is 1.96. The van der Waals surface area contributed by atoms with E-state index in [0.717, 1.165) is 18.5 Å². The first-order valence-electron chi connectivity index (χ1n) is 5.74. The first-order chi connectivity index (χ1) is 8.22. The van der Waals surface area contributed by atoms with E-state index in [1.807, 2.05) is 11.4 Å². The number of anilines is 1. The van der Waals surface area contributed by atoms with Crippen molar-refractivity contribution in [2.24, 2.45) is 0 Å². The molecule has 0 spiro atoms. The highest BCUT2D eigenvalue weighted by Gasteiger charge is 2.25. The highest BCUT2D eigenvalue weighted by Crippen LogP contribution is 2.31. The molecule has 5 heteroatoms. The van der Waals surface area contributed by atoms with E-state index in [-0.39, 0.29) is 18.4 Å². The number of fused-ring (bicyclic) bond motifs is 1. The Bertz CT molecular complexity index is 427. The maximum absolute atomic E-state index is 11.9. The van der Waals surface area contributed by atoms with Crippen LogP contribution in [0.5, 0.6) is 0 Å². The summed E-state index contributed by atoms with van der Waals surface area (Å²) in [6, 6.07) is 1.91. The number of rotatable bonds is 3. The normalized spacial score (nSPS) is 15.4. The summed E-state index contributed by atoms with van der Waals surface area (Å²) in [4.78, 5) is 26.2. The third-order valence-electron chi connectivity index (χ3n) is 2.70. The van der Waals surface area contributed by atoms with Crippen molar-refractivity contribution in [3.63, 3.8) is 0 Å². The number of hydrogen-bond donors (Lipinski definition) is 0. The van der Waals surface area contributed by atoms with Gasteiger partial charge >= 0.3 is 5.97 Å². The van der Waals surface area contributed by atoms with Gasteiger partial charge in [0.1, 0.15) is 6.54 Å². The van der Waals surface area contributed by atoms with Crippen molar-refractivity contribution in [3.05, 3.63) is 16.3 Å². The molecule has 2 heterocycles. The summed E-state index contributed by atoms with van der Waals surface area (Å²) >= 11 is 1.64. The van der Waals surface area contributed by atoms with Crippen LogP contribution in [0.2, 0.25) is 0 Å². The van der Waals surface area contributed by atoms with Gasteiger partial charge in [-0.05, 0) is 31.2 Å². The third kappa shape index (κ3) is 2.66. The molecule has 92 valence electrons. The molecule has 1 aromatic heterocycles. The van der Waals surface area contributed by atoms with Crippen LogP contribution in [0.1, 0.15) is 24.6 Å². The molecule has 0 bridgehead atoms. The predicted octanol–water partition coefficient (Wildman–Crippen LogP) is 1.98. The van der Waals surface area contributed by atoms with Gasteiger partial charge in [0.25, 0.3) is 0 Å². The zero-order valence-electron chi connectivity index (χ0n) is 9.77. The lowest BCUT2D eigenvalue weighted by Gasteiger charge is -2.19. The van der Waals surface area contributed by atoms with E-state index in [9.17, 15) is 9.59 Å². The molecule has 4 nitrogen and oxygen atoms in total. The Morgan fingerprint density at radius 1 is 1.53 bits per heavy atom. The molecule has 0 N–H and O–H groups in total. The fourth-order valence-corrected chi connectivity index (χ4v) is 2.86. The van der Waals surface area contributed by atoms with Gasteiger partial charge in [-0.2, -0.15) is 0 Å². The van der Waals surface area contributed by atoms with Gasteiger partial charge in [0, 0.05) is 11.3 Å². The summed E-state index contributed by atoms with van der Waals surface area (Å²) in [5.74, 6) is -0.338. The van der Waals surface area contributed by atoms with Crippen LogP contribution in [0.4, 0.5) is 5.69 Å². The molecule has 2 rings (SSSR count). The number of thiophene rings is 1. The number of amides is 1. The fraction of sp³-hybridized carbons (Fsp3) is 0.500. The lowest BCUT2D eigenvalue weighted by Crippen LogP contribution is -2.35. The number of carbonyl (C=O) groups is 2. The summed E-state index contributed by atoms with van der Waals surface area (Å²) in [6.07, 6.45) is 2.27. The van der Waals surface area contributed by atoms with Crippen LogP contribution >= 0.6 is 11.3 Å². The highest BCUT2D eigenvalue weighted by molar-refractivity contribution is 7.10. The van der Waals surface area contributed by atoms with Gasteiger partial charge < -0.3 is 9.64 Å². The Kier molecular flexibility index (Phi) is 3.78. The molecule has 0 atom stereocenters. The number of carbonyl (C=O) groups excluding carboxylic acids is 2. The second-order valence-corrected chi connectivity index (χ2v) is 4.87. The molecule has 0 saturated carbocycles. The summed E-state index contributed by atoms with van der Waals surface area (Å²) in [5.41, 5.74) is 0.880. The van der Waals surface area contributed by atoms with E-state index < -0.39 is 0 Å². The van der Waals surface area contributed by atoms with Gasteiger partial charge in [-0.1, -0.05) is 0 Å². The molecule has 0 radical (unpaired) electrons. The maximum atomic E-state index is 11.9. The Morgan fingerprint density at radius 3 is 3.12 bits per heavy atom. The maximum Gasteiger partial charge on any atom is 0.326 e. The monoisotopic (exact) mass is 253 g/mol. The van der Waals surface area contributed by atoms with Crippen LogP contribution in [0, 0.1) is 0 Å². The Balaban J connectivity index is 2.19. The SMILES string of the molecule is CCOC(=O)CN1C(=O)CCCc2sccc21. The zero-order valence-corrected chi connectivity index (χ0v) is 10.6. The van der Waals surface area contributed by atoms with E-state index in [1.165, 1.54) is 4.88 Å². The van der Waals surface area contributed by atoms with Crippen molar-refractivity contribution < 1.29 is 14.3 Å². The first kappa shape index (κ1) is 12.1. The van der Waals surface area contributed by atoms with E-state index in [4.69, 9.17) is 4.74 Å². The van der Waals surface area contributed by atoms with Gasteiger partial charge in [0.15, 0.2) is 0 Å². The fourth-order valence-electron chi connectivity index (χ4n) is 1.94. The lowest BCUT2D eigenvalue weighted by molar-refractivity contribution is -0.142. The number of ether oxygens (including phenoxy) is 1. The van der Waals surface area contributed by atoms with Gasteiger partial charge in [0.2, 0.25) is 5.91 Å². The van der Waals surface area contributed by atoms with Crippen LogP contribution < -0.4 is 4.90 Å². The second-order valence-electron chi connectivity index (χ2n) is 3.87. The molecule has 0 saturated heterocycles. The molecule has 0 aliphatic carbocycles. The molecule has 1 aliphatic heterocycles. The number of nitrogens with zero attached hydrogens (tertiary/aromatic N) is 1. The molecule has 1 aliphatic rings. The lowest BCUT2D eigenvalue weighted by atomic mass is 10.2. The topological polar surface area (TPSA) is 46.6 Å². The Labute approximate surface area is 104 Å². The minimum absolute atomic E-state index is 0.00945. The predicted molar refractivity (Wildman–Crippen MR) is 66.2 cm³/mol. The van der Waals surface area contributed by atoms with Crippen molar-refractivity contribution >= 4 is 28.9 Å². The summed E-state index contributed by atoms with van der Waals surface area (Å²) in [7, 11) is 0. The smallest absolute Gasteiger partial charge is 0.326 e. The van der Waals surface area contributed by atoms with E-state index in [1.54, 1.807) is 23.2 Å². The van der Waals surface area contributed by atoms with Crippen molar-refractivity contribution in [3.8, 4) is 0 Å². The van der Waals surface area contributed by atoms with Crippen LogP contribution in [-0.2, 0) is 20.7 Å². The molecule has 17 heavy (non-hydrogen) atoms. The van der Waals surface area contributed by atoms with Gasteiger partial charge in [0.05, 0.1) is 12.3 Å². The van der Waals surface area contributed by atoms with Crippen LogP contribution in [0.25, 0.3) is 0 Å². The molecular formula is C12H15NO3S. The molecule has 1 amide bonds. The van der Waals surface area contributed by atoms with Crippen molar-refractivity contribution in [1.29, 1.82) is 0 Å². The van der Waals surface area contributed by atoms with Crippen LogP contribution in [-0.4, -0.2) is 25.0 Å². The van der Waals surface area contributed by atoms with Gasteiger partial charge in [-0.15, -0.1) is 11.3 Å². The van der Waals surface area contributed by atoms with Crippen molar-refractivity contribution in [2.75, 3.05) is 18.1 Å². The molecule has 0 aromatic carbocycles. The van der Waals surface area contributed by atoms with E-state index in [0.29, 0.717) is 13.0 Å². The molecule has 0 fully saturated rings. The highest BCUT2D eigenvalue weighted by atomic mass is 32.1. The molecule has 0 unspecified atom stereocenters. The van der Waals surface area contributed by atoms with Crippen molar-refractivity contribution in [1.82, 2.24) is 0 Å². The molecule has 1 aromatic rings. The minimum Gasteiger partial charge on any atom is -0.465 e. The van der Waals surface area contributed by atoms with E-state index in [2.05, 4.69) is 0 Å². The second kappa shape index (κ2) is 5.31.